The normalized spacial score (nSPS) is 12.6. The Kier molecular flexibility index (Phi) is 5.60. The fourth-order valence-corrected chi connectivity index (χ4v) is 2.13. The van der Waals surface area contributed by atoms with Gasteiger partial charge in [0.1, 0.15) is 5.82 Å². The van der Waals surface area contributed by atoms with Gasteiger partial charge in [0, 0.05) is 6.20 Å². The van der Waals surface area contributed by atoms with Gasteiger partial charge in [0.25, 0.3) is 5.91 Å². The van der Waals surface area contributed by atoms with E-state index in [0.717, 1.165) is 0 Å². The highest BCUT2D eigenvalue weighted by atomic mass is 19.1. The van der Waals surface area contributed by atoms with E-state index in [1.54, 1.807) is 25.1 Å². The van der Waals surface area contributed by atoms with E-state index in [1.165, 1.54) is 25.4 Å². The molecule has 1 aromatic carbocycles. The van der Waals surface area contributed by atoms with Crippen molar-refractivity contribution in [3.8, 4) is 18.1 Å². The molecule has 1 amide bonds. The van der Waals surface area contributed by atoms with E-state index in [0.29, 0.717) is 6.42 Å². The molecule has 2 N–H and O–H groups in total. The summed E-state index contributed by atoms with van der Waals surface area (Å²) in [6, 6.07) is 7.90. The second-order valence-corrected chi connectivity index (χ2v) is 5.63. The van der Waals surface area contributed by atoms with Crippen molar-refractivity contribution in [2.24, 2.45) is 0 Å². The second kappa shape index (κ2) is 7.67. The van der Waals surface area contributed by atoms with Gasteiger partial charge in [0.05, 0.1) is 23.9 Å². The van der Waals surface area contributed by atoms with E-state index in [9.17, 15) is 9.18 Å². The van der Waals surface area contributed by atoms with Crippen molar-refractivity contribution in [2.75, 3.05) is 12.4 Å². The molecule has 0 spiro atoms. The number of methoxy groups -OCH3 is 1. The topological polar surface area (TPSA) is 63.2 Å². The van der Waals surface area contributed by atoms with Gasteiger partial charge in [-0.25, -0.2) is 9.37 Å². The minimum atomic E-state index is -0.772. The molecule has 0 saturated heterocycles. The fourth-order valence-electron chi connectivity index (χ4n) is 2.13. The number of carbonyl (C=O) groups excluding carboxylic acids is 1. The van der Waals surface area contributed by atoms with Crippen LogP contribution in [0.15, 0.2) is 36.5 Å². The van der Waals surface area contributed by atoms with E-state index in [4.69, 9.17) is 11.2 Å². The maximum atomic E-state index is 14.3. The summed E-state index contributed by atoms with van der Waals surface area (Å²) in [5, 5.41) is 5.64. The number of anilines is 2. The molecule has 6 heteroatoms. The Hall–Kier alpha value is -3.07. The molecule has 130 valence electrons. The lowest BCUT2D eigenvalue weighted by atomic mass is 9.99. The number of nitrogens with zero attached hydrogens (tertiary/aromatic N) is 1. The first-order chi connectivity index (χ1) is 11.9. The van der Waals surface area contributed by atoms with Crippen molar-refractivity contribution in [2.45, 2.75) is 25.8 Å². The summed E-state index contributed by atoms with van der Waals surface area (Å²) in [6.07, 6.45) is 7.58. The number of ether oxygens (including phenoxy) is 1. The molecule has 1 heterocycles. The lowest BCUT2D eigenvalue weighted by molar-refractivity contribution is 0.0924. The second-order valence-electron chi connectivity index (χ2n) is 5.63. The zero-order valence-corrected chi connectivity index (χ0v) is 14.4. The first-order valence-electron chi connectivity index (χ1n) is 7.79. The summed E-state index contributed by atoms with van der Waals surface area (Å²) < 4.78 is 19.3. The molecule has 1 atom stereocenters. The highest BCUT2D eigenvalue weighted by molar-refractivity contribution is 6.00. The molecule has 2 rings (SSSR count). The number of benzene rings is 1. The summed E-state index contributed by atoms with van der Waals surface area (Å²) in [5.41, 5.74) is -0.354. The number of halogens is 1. The molecule has 0 radical (unpaired) electrons. The third-order valence-electron chi connectivity index (χ3n) is 3.90. The Morgan fingerprint density at radius 2 is 2.16 bits per heavy atom. The predicted molar refractivity (Wildman–Crippen MR) is 95.5 cm³/mol. The maximum absolute atomic E-state index is 14.3. The SMILES string of the molecule is C#C[C@@](C)(CC)NC(=O)c1cccnc1Nc1cccc(OC)c1F. The van der Waals surface area contributed by atoms with Gasteiger partial charge in [0.15, 0.2) is 11.6 Å². The van der Waals surface area contributed by atoms with Crippen LogP contribution in [0.3, 0.4) is 0 Å². The van der Waals surface area contributed by atoms with Gasteiger partial charge in [-0.3, -0.25) is 4.79 Å². The van der Waals surface area contributed by atoms with Crippen molar-refractivity contribution < 1.29 is 13.9 Å². The molecular weight excluding hydrogens is 321 g/mol. The van der Waals surface area contributed by atoms with Gasteiger partial charge < -0.3 is 15.4 Å². The molecule has 0 unspecified atom stereocenters. The van der Waals surface area contributed by atoms with E-state index in [2.05, 4.69) is 21.5 Å². The van der Waals surface area contributed by atoms with Gasteiger partial charge in [-0.2, -0.15) is 0 Å². The standard InChI is InChI=1S/C19H20FN3O2/c1-5-19(3,6-2)23-18(24)13-9-8-12-21-17(13)22-14-10-7-11-15(25-4)16(14)20/h1,7-12H,6H2,2-4H3,(H,21,22)(H,23,24)/t19-/m0/s1. The van der Waals surface area contributed by atoms with Crippen LogP contribution in [0, 0.1) is 18.2 Å². The summed E-state index contributed by atoms with van der Waals surface area (Å²) >= 11 is 0. The van der Waals surface area contributed by atoms with Crippen LogP contribution in [0.5, 0.6) is 5.75 Å². The minimum absolute atomic E-state index is 0.0952. The quantitative estimate of drug-likeness (QED) is 0.790. The van der Waals surface area contributed by atoms with Crippen molar-refractivity contribution in [1.29, 1.82) is 0 Å². The van der Waals surface area contributed by atoms with Crippen LogP contribution in [0.2, 0.25) is 0 Å². The van der Waals surface area contributed by atoms with E-state index < -0.39 is 11.4 Å². The van der Waals surface area contributed by atoms with Crippen LogP contribution in [-0.2, 0) is 0 Å². The number of nitrogens with one attached hydrogen (secondary N) is 2. The lowest BCUT2D eigenvalue weighted by Gasteiger charge is -2.24. The van der Waals surface area contributed by atoms with Crippen molar-refractivity contribution >= 4 is 17.4 Å². The minimum Gasteiger partial charge on any atom is -0.494 e. The summed E-state index contributed by atoms with van der Waals surface area (Å²) in [7, 11) is 1.38. The Bertz CT molecular complexity index is 817. The summed E-state index contributed by atoms with van der Waals surface area (Å²) in [6.45, 7) is 3.64. The third kappa shape index (κ3) is 4.07. The van der Waals surface area contributed by atoms with Gasteiger partial charge in [0.2, 0.25) is 0 Å². The highest BCUT2D eigenvalue weighted by Gasteiger charge is 2.24. The number of terminal acetylenes is 1. The average molecular weight is 341 g/mol. The smallest absolute Gasteiger partial charge is 0.256 e. The summed E-state index contributed by atoms with van der Waals surface area (Å²) in [5.74, 6) is 1.94. The average Bonchev–Trinajstić information content (AvgIpc) is 2.63. The first kappa shape index (κ1) is 18.3. The molecule has 0 aliphatic heterocycles. The largest absolute Gasteiger partial charge is 0.494 e. The van der Waals surface area contributed by atoms with E-state index in [1.807, 2.05) is 6.92 Å². The molecule has 0 bridgehead atoms. The van der Waals surface area contributed by atoms with Gasteiger partial charge in [-0.15, -0.1) is 6.42 Å². The molecule has 0 aliphatic carbocycles. The van der Waals surface area contributed by atoms with Crippen molar-refractivity contribution in [3.63, 3.8) is 0 Å². The third-order valence-corrected chi connectivity index (χ3v) is 3.90. The molecular formula is C19H20FN3O2. The van der Waals surface area contributed by atoms with Crippen LogP contribution >= 0.6 is 0 Å². The van der Waals surface area contributed by atoms with Crippen LogP contribution in [0.25, 0.3) is 0 Å². The number of amides is 1. The fraction of sp³-hybridized carbons (Fsp3) is 0.263. The van der Waals surface area contributed by atoms with Crippen molar-refractivity contribution in [1.82, 2.24) is 10.3 Å². The molecule has 0 fully saturated rings. The number of hydrogen-bond donors (Lipinski definition) is 2. The molecule has 1 aromatic heterocycles. The van der Waals surface area contributed by atoms with Gasteiger partial charge in [-0.1, -0.05) is 18.9 Å². The zero-order chi connectivity index (χ0) is 18.4. The number of pyridine rings is 1. The van der Waals surface area contributed by atoms with Crippen LogP contribution in [-0.4, -0.2) is 23.5 Å². The zero-order valence-electron chi connectivity index (χ0n) is 14.4. The molecule has 0 saturated carbocycles. The Morgan fingerprint density at radius 3 is 2.80 bits per heavy atom. The molecule has 5 nitrogen and oxygen atoms in total. The van der Waals surface area contributed by atoms with Crippen LogP contribution in [0.4, 0.5) is 15.9 Å². The number of hydrogen-bond acceptors (Lipinski definition) is 4. The maximum Gasteiger partial charge on any atom is 0.256 e. The van der Waals surface area contributed by atoms with Gasteiger partial charge in [-0.05, 0) is 37.6 Å². The molecule has 25 heavy (non-hydrogen) atoms. The monoisotopic (exact) mass is 341 g/mol. The Morgan fingerprint density at radius 1 is 1.40 bits per heavy atom. The lowest BCUT2D eigenvalue weighted by Crippen LogP contribution is -2.44. The van der Waals surface area contributed by atoms with Crippen LogP contribution in [0.1, 0.15) is 30.6 Å². The van der Waals surface area contributed by atoms with Gasteiger partial charge >= 0.3 is 0 Å². The number of carbonyl (C=O) groups is 1. The van der Waals surface area contributed by atoms with Crippen LogP contribution < -0.4 is 15.4 Å². The molecule has 0 aliphatic rings. The Labute approximate surface area is 146 Å². The Balaban J connectivity index is 2.33. The van der Waals surface area contributed by atoms with Crippen molar-refractivity contribution in [3.05, 3.63) is 47.9 Å². The highest BCUT2D eigenvalue weighted by Crippen LogP contribution is 2.27. The van der Waals surface area contributed by atoms with E-state index in [-0.39, 0.29) is 28.7 Å². The number of aromatic nitrogens is 1. The first-order valence-corrected chi connectivity index (χ1v) is 7.79. The van der Waals surface area contributed by atoms with E-state index >= 15 is 0 Å². The summed E-state index contributed by atoms with van der Waals surface area (Å²) in [4.78, 5) is 16.7. The predicted octanol–water partition coefficient (Wildman–Crippen LogP) is 3.50. The number of rotatable bonds is 6. The molecule has 2 aromatic rings.